The zero-order valence-electron chi connectivity index (χ0n) is 24.9. The molecule has 0 amide bonds. The Kier molecular flexibility index (Phi) is 7.24. The van der Waals surface area contributed by atoms with Gasteiger partial charge in [-0.05, 0) is 82.8 Å². The van der Waals surface area contributed by atoms with Gasteiger partial charge in [0.2, 0.25) is 0 Å². The highest BCUT2D eigenvalue weighted by molar-refractivity contribution is 7.27. The minimum Gasteiger partial charge on any atom is -0.461 e. The molecule has 1 aliphatic carbocycles. The average molecular weight is 597 g/mol. The second kappa shape index (κ2) is 11.0. The summed E-state index contributed by atoms with van der Waals surface area (Å²) in [5, 5.41) is 6.69. The molecule has 7 rings (SSSR count). The lowest BCUT2D eigenvalue weighted by Crippen LogP contribution is -2.54. The molecule has 222 valence electrons. The molecule has 1 atom stereocenters. The molecule has 2 aromatic carbocycles. The lowest BCUT2D eigenvalue weighted by atomic mass is 9.75. The third kappa shape index (κ3) is 4.73. The average Bonchev–Trinajstić information content (AvgIpc) is 3.56. The van der Waals surface area contributed by atoms with Gasteiger partial charge in [-0.2, -0.15) is 9.97 Å². The van der Waals surface area contributed by atoms with Crippen LogP contribution in [0.2, 0.25) is 0 Å². The molecular weight excluding hydrogens is 558 g/mol. The summed E-state index contributed by atoms with van der Waals surface area (Å²) in [5.41, 5.74) is 1.82. The maximum Gasteiger partial charge on any atom is 0.319 e. The third-order valence-electron chi connectivity index (χ3n) is 10.2. The van der Waals surface area contributed by atoms with Gasteiger partial charge in [0, 0.05) is 34.8 Å². The van der Waals surface area contributed by atoms with Crippen LogP contribution < -0.4 is 15.4 Å². The smallest absolute Gasteiger partial charge is 0.319 e. The number of hydrogen-bond donors (Lipinski definition) is 1. The Labute approximate surface area is 254 Å². The Morgan fingerprint density at radius 2 is 1.88 bits per heavy atom. The summed E-state index contributed by atoms with van der Waals surface area (Å²) in [7, 11) is 6.91. The number of aromatic nitrogens is 3. The Bertz CT molecular complexity index is 1750. The number of pyridine rings is 1. The lowest BCUT2D eigenvalue weighted by molar-refractivity contribution is 0.0738. The molecule has 2 aromatic heterocycles. The minimum atomic E-state index is -0.509. The quantitative estimate of drug-likeness (QED) is 0.217. The minimum absolute atomic E-state index is 0.0270. The van der Waals surface area contributed by atoms with Crippen molar-refractivity contribution in [3.8, 4) is 29.6 Å². The van der Waals surface area contributed by atoms with Gasteiger partial charge in [0.1, 0.15) is 23.6 Å². The van der Waals surface area contributed by atoms with E-state index in [4.69, 9.17) is 16.1 Å². The van der Waals surface area contributed by atoms with Crippen LogP contribution in [0.1, 0.15) is 50.5 Å². The third-order valence-corrected chi connectivity index (χ3v) is 10.7. The van der Waals surface area contributed by atoms with E-state index < -0.39 is 5.82 Å². The molecule has 0 bridgehead atoms. The first-order valence-electron chi connectivity index (χ1n) is 15.3. The second-order valence-electron chi connectivity index (χ2n) is 12.6. The fourth-order valence-corrected chi connectivity index (χ4v) is 7.77. The Morgan fingerprint density at radius 1 is 1.09 bits per heavy atom. The molecule has 0 radical (unpaired) electrons. The topological polar surface area (TPSA) is 66.4 Å². The van der Waals surface area contributed by atoms with Crippen molar-refractivity contribution in [2.75, 3.05) is 45.7 Å². The van der Waals surface area contributed by atoms with Gasteiger partial charge >= 0.3 is 6.01 Å². The number of rotatable bonds is 8. The highest BCUT2D eigenvalue weighted by Gasteiger charge is 2.45. The van der Waals surface area contributed by atoms with Crippen LogP contribution in [0.5, 0.6) is 6.01 Å². The van der Waals surface area contributed by atoms with Crippen molar-refractivity contribution in [2.45, 2.75) is 56.0 Å². The summed E-state index contributed by atoms with van der Waals surface area (Å²) in [6.45, 7) is 3.41. The zero-order valence-corrected chi connectivity index (χ0v) is 26.1. The van der Waals surface area contributed by atoms with E-state index >= 15 is 4.39 Å². The summed E-state index contributed by atoms with van der Waals surface area (Å²) in [6, 6.07) is 9.90. The molecule has 1 saturated carbocycles. The molecule has 3 aliphatic rings. The van der Waals surface area contributed by atoms with Crippen LogP contribution in [-0.2, 0) is 0 Å². The molecule has 1 N–H and O–H groups in total. The van der Waals surface area contributed by atoms with E-state index in [1.807, 2.05) is 30.3 Å². The molecule has 9 heteroatoms. The van der Waals surface area contributed by atoms with E-state index in [1.165, 1.54) is 19.3 Å². The van der Waals surface area contributed by atoms with Crippen molar-refractivity contribution >= 4 is 42.0 Å². The molecular formula is C34H38FN6OP. The van der Waals surface area contributed by atoms with E-state index in [9.17, 15) is 0 Å². The van der Waals surface area contributed by atoms with Gasteiger partial charge in [0.15, 0.2) is 5.82 Å². The van der Waals surface area contributed by atoms with Gasteiger partial charge in [-0.1, -0.05) is 36.3 Å². The number of nitrogens with one attached hydrogen (secondary N) is 1. The monoisotopic (exact) mass is 596 g/mol. The van der Waals surface area contributed by atoms with Gasteiger partial charge in [-0.15, -0.1) is 15.7 Å². The highest BCUT2D eigenvalue weighted by atomic mass is 31.0. The van der Waals surface area contributed by atoms with Crippen molar-refractivity contribution < 1.29 is 9.13 Å². The van der Waals surface area contributed by atoms with Crippen LogP contribution in [0, 0.1) is 18.2 Å². The predicted octanol–water partition coefficient (Wildman–Crippen LogP) is 5.37. The van der Waals surface area contributed by atoms with Gasteiger partial charge in [-0.3, -0.25) is 9.88 Å². The van der Waals surface area contributed by atoms with Gasteiger partial charge in [0.25, 0.3) is 0 Å². The number of hydrogen-bond acceptors (Lipinski definition) is 7. The lowest BCUT2D eigenvalue weighted by Gasteiger charge is -2.47. The predicted molar refractivity (Wildman–Crippen MR) is 175 cm³/mol. The molecule has 4 heterocycles. The molecule has 3 fully saturated rings. The van der Waals surface area contributed by atoms with Crippen molar-refractivity contribution in [1.29, 1.82) is 0 Å². The van der Waals surface area contributed by atoms with Crippen LogP contribution in [-0.4, -0.2) is 76.2 Å². The molecule has 1 unspecified atom stereocenters. The summed E-state index contributed by atoms with van der Waals surface area (Å²) in [6.07, 6.45) is 15.6. The molecule has 43 heavy (non-hydrogen) atoms. The molecule has 7 nitrogen and oxygen atoms in total. The first-order valence-corrected chi connectivity index (χ1v) is 15.9. The fourth-order valence-electron chi connectivity index (χ4n) is 7.45. The first kappa shape index (κ1) is 28.4. The normalized spacial score (nSPS) is 19.0. The summed E-state index contributed by atoms with van der Waals surface area (Å²) in [4.78, 5) is 19.0. The van der Waals surface area contributed by atoms with E-state index in [2.05, 4.69) is 54.3 Å². The number of likely N-dealkylation sites (N-methyl/N-ethyl adjacent to an activating group) is 1. The Morgan fingerprint density at radius 3 is 2.58 bits per heavy atom. The molecule has 4 aromatic rings. The first-order chi connectivity index (χ1) is 20.8. The Balaban J connectivity index is 1.33. The van der Waals surface area contributed by atoms with Crippen molar-refractivity contribution in [2.24, 2.45) is 0 Å². The number of fused-ring (bicyclic) bond motifs is 3. The number of anilines is 1. The Hall–Kier alpha value is -3.37. The summed E-state index contributed by atoms with van der Waals surface area (Å²) in [5.74, 6) is 2.84. The standard InChI is InChI=1S/C34H38FN6OP/c1-4-23-26(43)12-11-22-9-5-10-24(27(22)23)29-28(35)30-25(19-36-29)31(37-20-33(40(2)3)13-6-14-33)39-32(38-30)42-21-34-15-7-17-41(34)18-8-16-34/h1,5,9-12,19H,6-8,13-18,20-21,43H2,2-3H3,(H,37,38,39). The number of benzene rings is 2. The number of halogens is 1. The van der Waals surface area contributed by atoms with Crippen LogP contribution in [0.4, 0.5) is 10.2 Å². The van der Waals surface area contributed by atoms with Crippen molar-refractivity contribution in [3.63, 3.8) is 0 Å². The highest BCUT2D eigenvalue weighted by Crippen LogP contribution is 2.40. The van der Waals surface area contributed by atoms with Crippen molar-refractivity contribution in [3.05, 3.63) is 47.9 Å². The van der Waals surface area contributed by atoms with Gasteiger partial charge in [-0.25, -0.2) is 4.39 Å². The largest absolute Gasteiger partial charge is 0.461 e. The summed E-state index contributed by atoms with van der Waals surface area (Å²) < 4.78 is 23.1. The van der Waals surface area contributed by atoms with E-state index in [1.54, 1.807) is 6.20 Å². The maximum absolute atomic E-state index is 16.7. The zero-order chi connectivity index (χ0) is 29.8. The molecule has 2 aliphatic heterocycles. The number of ether oxygens (including phenoxy) is 1. The fraction of sp³-hybridized carbons (Fsp3) is 0.441. The number of nitrogens with zero attached hydrogens (tertiary/aromatic N) is 5. The van der Waals surface area contributed by atoms with Gasteiger partial charge in [0.05, 0.1) is 10.9 Å². The van der Waals surface area contributed by atoms with Gasteiger partial charge < -0.3 is 15.0 Å². The van der Waals surface area contributed by atoms with E-state index in [0.29, 0.717) is 35.5 Å². The van der Waals surface area contributed by atoms with Crippen LogP contribution in [0.15, 0.2) is 36.5 Å². The SMILES string of the molecule is C#Cc1c(P)ccc2cccc(-c3ncc4c(NCC5(N(C)C)CCC5)nc(OCC56CCCN5CCC6)nc4c3F)c12. The molecule has 0 spiro atoms. The van der Waals surface area contributed by atoms with Crippen LogP contribution in [0.3, 0.4) is 0 Å². The van der Waals surface area contributed by atoms with Crippen LogP contribution in [0.25, 0.3) is 32.9 Å². The van der Waals surface area contributed by atoms with Crippen molar-refractivity contribution in [1.82, 2.24) is 24.8 Å². The summed E-state index contributed by atoms with van der Waals surface area (Å²) >= 11 is 0. The number of terminal acetylenes is 1. The molecule has 2 saturated heterocycles. The van der Waals surface area contributed by atoms with E-state index in [-0.39, 0.29) is 28.3 Å². The maximum atomic E-state index is 16.7. The van der Waals surface area contributed by atoms with E-state index in [0.717, 1.165) is 54.8 Å². The van der Waals surface area contributed by atoms with Crippen LogP contribution >= 0.6 is 9.24 Å². The second-order valence-corrected chi connectivity index (χ2v) is 13.3.